The van der Waals surface area contributed by atoms with Gasteiger partial charge in [0.25, 0.3) is 0 Å². The van der Waals surface area contributed by atoms with Crippen LogP contribution in [0.2, 0.25) is 0 Å². The molecule has 0 aromatic heterocycles. The van der Waals surface area contributed by atoms with E-state index < -0.39 is 0 Å². The van der Waals surface area contributed by atoms with E-state index in [1.807, 2.05) is 36.4 Å². The number of carbonyl (C=O) groups excluding carboxylic acids is 1. The van der Waals surface area contributed by atoms with Gasteiger partial charge in [0.15, 0.2) is 0 Å². The highest BCUT2D eigenvalue weighted by Gasteiger charge is 2.29. The molecule has 0 unspecified atom stereocenters. The average Bonchev–Trinajstić information content (AvgIpc) is 2.95. The molecule has 1 saturated heterocycles. The molecule has 0 aliphatic carbocycles. The van der Waals surface area contributed by atoms with Crippen LogP contribution in [0.3, 0.4) is 0 Å². The number of ether oxygens (including phenoxy) is 1. The molecule has 0 amide bonds. The van der Waals surface area contributed by atoms with Gasteiger partial charge < -0.3 is 4.74 Å². The molecule has 0 bridgehead atoms. The van der Waals surface area contributed by atoms with Gasteiger partial charge in [-0.05, 0) is 11.1 Å². The van der Waals surface area contributed by atoms with Crippen LogP contribution in [0, 0.1) is 0 Å². The van der Waals surface area contributed by atoms with E-state index in [4.69, 9.17) is 4.74 Å². The van der Waals surface area contributed by atoms with Crippen molar-refractivity contribution in [2.75, 3.05) is 6.61 Å². The van der Waals surface area contributed by atoms with Crippen LogP contribution in [0.4, 0.5) is 0 Å². The molecule has 0 spiro atoms. The van der Waals surface area contributed by atoms with Crippen LogP contribution in [-0.2, 0) is 22.6 Å². The van der Waals surface area contributed by atoms with Crippen molar-refractivity contribution >= 4 is 5.97 Å². The summed E-state index contributed by atoms with van der Waals surface area (Å²) in [5, 5.41) is 0. The van der Waals surface area contributed by atoms with Crippen LogP contribution in [-0.4, -0.2) is 23.5 Å². The lowest BCUT2D eigenvalue weighted by Crippen LogP contribution is -2.34. The van der Waals surface area contributed by atoms with E-state index in [9.17, 15) is 4.79 Å². The lowest BCUT2D eigenvalue weighted by Gasteiger charge is -2.27. The van der Waals surface area contributed by atoms with Crippen LogP contribution in [0.25, 0.3) is 0 Å². The minimum atomic E-state index is -0.0916. The fraction of sp³-hybridized carbons (Fsp3) is 0.278. The molecule has 1 atom stereocenters. The van der Waals surface area contributed by atoms with Gasteiger partial charge in [0.2, 0.25) is 0 Å². The minimum absolute atomic E-state index is 0.0916. The predicted molar refractivity (Wildman–Crippen MR) is 81.5 cm³/mol. The number of hydrogen-bond donors (Lipinski definition) is 0. The Hall–Kier alpha value is -2.13. The largest absolute Gasteiger partial charge is 0.464 e. The second-order valence-corrected chi connectivity index (χ2v) is 5.42. The molecule has 2 aromatic carbocycles. The van der Waals surface area contributed by atoms with Gasteiger partial charge in [0.1, 0.15) is 6.61 Å². The quantitative estimate of drug-likeness (QED) is 0.789. The summed E-state index contributed by atoms with van der Waals surface area (Å²) in [4.78, 5) is 13.7. The monoisotopic (exact) mass is 281 g/mol. The molecule has 3 nitrogen and oxygen atoms in total. The third-order valence-electron chi connectivity index (χ3n) is 3.81. The maximum absolute atomic E-state index is 11.4. The van der Waals surface area contributed by atoms with Gasteiger partial charge in [-0.3, -0.25) is 9.69 Å². The van der Waals surface area contributed by atoms with Crippen molar-refractivity contribution in [3.05, 3.63) is 71.8 Å². The average molecular weight is 281 g/mol. The zero-order valence-electron chi connectivity index (χ0n) is 11.9. The minimum Gasteiger partial charge on any atom is -0.464 e. The molecule has 0 N–H and O–H groups in total. The van der Waals surface area contributed by atoms with Gasteiger partial charge in [-0.1, -0.05) is 60.7 Å². The number of benzene rings is 2. The van der Waals surface area contributed by atoms with Gasteiger partial charge in [0, 0.05) is 13.1 Å². The van der Waals surface area contributed by atoms with Gasteiger partial charge in [-0.25, -0.2) is 0 Å². The number of carbonyl (C=O) groups is 1. The van der Waals surface area contributed by atoms with Crippen LogP contribution in [0.5, 0.6) is 0 Å². The smallest absolute Gasteiger partial charge is 0.307 e. The molecule has 21 heavy (non-hydrogen) atoms. The molecule has 3 rings (SSSR count). The van der Waals surface area contributed by atoms with Gasteiger partial charge in [-0.2, -0.15) is 0 Å². The van der Waals surface area contributed by atoms with Crippen molar-refractivity contribution in [1.29, 1.82) is 0 Å². The van der Waals surface area contributed by atoms with E-state index in [1.54, 1.807) is 0 Å². The summed E-state index contributed by atoms with van der Waals surface area (Å²) in [5.74, 6) is -0.0916. The first-order valence-electron chi connectivity index (χ1n) is 7.29. The van der Waals surface area contributed by atoms with Crippen molar-refractivity contribution in [3.63, 3.8) is 0 Å². The summed E-state index contributed by atoms with van der Waals surface area (Å²) in [6.45, 7) is 2.16. The van der Waals surface area contributed by atoms with Gasteiger partial charge in [0.05, 0.1) is 12.5 Å². The van der Waals surface area contributed by atoms with Crippen LogP contribution in [0.15, 0.2) is 60.7 Å². The first kappa shape index (κ1) is 13.8. The second-order valence-electron chi connectivity index (χ2n) is 5.42. The zero-order valence-corrected chi connectivity index (χ0v) is 11.9. The molecule has 108 valence electrons. The number of esters is 1. The standard InChI is InChI=1S/C18H19NO2/c20-18-11-17(14-21-18)19(12-15-7-3-1-4-8-15)13-16-9-5-2-6-10-16/h1-10,17H,11-14H2/t17-/m1/s1. The molecule has 1 aliphatic heterocycles. The summed E-state index contributed by atoms with van der Waals surface area (Å²) >= 11 is 0. The van der Waals surface area contributed by atoms with Crippen LogP contribution < -0.4 is 0 Å². The van der Waals surface area contributed by atoms with E-state index in [-0.39, 0.29) is 12.0 Å². The maximum atomic E-state index is 11.4. The van der Waals surface area contributed by atoms with E-state index in [0.717, 1.165) is 13.1 Å². The maximum Gasteiger partial charge on any atom is 0.307 e. The number of cyclic esters (lactones) is 1. The summed E-state index contributed by atoms with van der Waals surface area (Å²) < 4.78 is 5.14. The Morgan fingerprint density at radius 2 is 1.43 bits per heavy atom. The number of hydrogen-bond acceptors (Lipinski definition) is 3. The molecule has 1 heterocycles. The Morgan fingerprint density at radius 3 is 1.86 bits per heavy atom. The van der Waals surface area contributed by atoms with Crippen molar-refractivity contribution in [2.24, 2.45) is 0 Å². The highest BCUT2D eigenvalue weighted by molar-refractivity contribution is 5.72. The van der Waals surface area contributed by atoms with Crippen molar-refractivity contribution in [2.45, 2.75) is 25.6 Å². The number of rotatable bonds is 5. The topological polar surface area (TPSA) is 29.5 Å². The first-order chi connectivity index (χ1) is 10.3. The number of nitrogens with zero attached hydrogens (tertiary/aromatic N) is 1. The molecule has 0 radical (unpaired) electrons. The Bertz CT molecular complexity index is 541. The summed E-state index contributed by atoms with van der Waals surface area (Å²) in [6.07, 6.45) is 0.486. The van der Waals surface area contributed by atoms with E-state index in [1.165, 1.54) is 11.1 Å². The summed E-state index contributed by atoms with van der Waals surface area (Å²) in [7, 11) is 0. The highest BCUT2D eigenvalue weighted by atomic mass is 16.5. The fourth-order valence-electron chi connectivity index (χ4n) is 2.68. The molecule has 3 heteroatoms. The molecular formula is C18H19NO2. The van der Waals surface area contributed by atoms with Crippen molar-refractivity contribution < 1.29 is 9.53 Å². The molecule has 1 aliphatic rings. The summed E-state index contributed by atoms with van der Waals surface area (Å²) in [6, 6.07) is 20.9. The van der Waals surface area contributed by atoms with E-state index >= 15 is 0 Å². The Labute approximate surface area is 125 Å². The van der Waals surface area contributed by atoms with Crippen molar-refractivity contribution in [1.82, 2.24) is 4.90 Å². The van der Waals surface area contributed by atoms with Gasteiger partial charge >= 0.3 is 5.97 Å². The molecule has 1 fully saturated rings. The Kier molecular flexibility index (Phi) is 4.31. The van der Waals surface area contributed by atoms with Crippen molar-refractivity contribution in [3.8, 4) is 0 Å². The first-order valence-corrected chi connectivity index (χ1v) is 7.29. The van der Waals surface area contributed by atoms with Gasteiger partial charge in [-0.15, -0.1) is 0 Å². The third-order valence-corrected chi connectivity index (χ3v) is 3.81. The van der Waals surface area contributed by atoms with Crippen LogP contribution in [0.1, 0.15) is 17.5 Å². The Balaban J connectivity index is 1.76. The van der Waals surface area contributed by atoms with E-state index in [2.05, 4.69) is 29.2 Å². The summed E-state index contributed by atoms with van der Waals surface area (Å²) in [5.41, 5.74) is 2.51. The van der Waals surface area contributed by atoms with E-state index in [0.29, 0.717) is 13.0 Å². The molecule has 0 saturated carbocycles. The normalized spacial score (nSPS) is 18.0. The Morgan fingerprint density at radius 1 is 0.905 bits per heavy atom. The zero-order chi connectivity index (χ0) is 14.5. The second kappa shape index (κ2) is 6.55. The molecule has 2 aromatic rings. The SMILES string of the molecule is O=C1C[C@@H](N(Cc2ccccc2)Cc2ccccc2)CO1. The molecular weight excluding hydrogens is 262 g/mol. The predicted octanol–water partition coefficient (Wildman–Crippen LogP) is 3.00. The third kappa shape index (κ3) is 3.70. The van der Waals surface area contributed by atoms with Crippen LogP contribution >= 0.6 is 0 Å². The lowest BCUT2D eigenvalue weighted by atomic mass is 10.1. The fourth-order valence-corrected chi connectivity index (χ4v) is 2.68. The highest BCUT2D eigenvalue weighted by Crippen LogP contribution is 2.19. The lowest BCUT2D eigenvalue weighted by molar-refractivity contribution is -0.137.